The molecule has 2 aliphatic rings. The molecule has 17 heavy (non-hydrogen) atoms. The van der Waals surface area contributed by atoms with Crippen molar-refractivity contribution in [2.75, 3.05) is 26.2 Å². The van der Waals surface area contributed by atoms with Crippen molar-refractivity contribution in [2.24, 2.45) is 5.92 Å². The first-order valence-electron chi connectivity index (χ1n) is 6.27. The molecule has 0 spiro atoms. The van der Waals surface area contributed by atoms with E-state index in [1.807, 2.05) is 0 Å². The average molecular weight is 240 g/mol. The topological polar surface area (TPSA) is 49.9 Å². The summed E-state index contributed by atoms with van der Waals surface area (Å²) in [4.78, 5) is 26.5. The van der Waals surface area contributed by atoms with Crippen molar-refractivity contribution in [3.63, 3.8) is 0 Å². The number of nitrogens with zero attached hydrogens (tertiary/aromatic N) is 2. The van der Waals surface area contributed by atoms with Crippen LogP contribution >= 0.6 is 0 Å². The molecule has 2 amide bonds. The Morgan fingerprint density at radius 2 is 1.82 bits per heavy atom. The molecule has 0 aromatic rings. The van der Waals surface area contributed by atoms with E-state index in [4.69, 9.17) is 4.74 Å². The number of likely N-dealkylation sites (tertiary alicyclic amines) is 2. The standard InChI is InChI=1S/C12H20N2O3/c1-9-3-5-14(7-9)12(16)17-11-4-6-13(8-11)10(2)15/h9,11H,3-8H2,1-2H3. The Morgan fingerprint density at radius 3 is 2.35 bits per heavy atom. The minimum atomic E-state index is -0.218. The van der Waals surface area contributed by atoms with Gasteiger partial charge in [-0.05, 0) is 12.3 Å². The fourth-order valence-electron chi connectivity index (χ4n) is 2.43. The highest BCUT2D eigenvalue weighted by Crippen LogP contribution is 2.19. The van der Waals surface area contributed by atoms with Gasteiger partial charge in [0.1, 0.15) is 6.10 Å². The number of rotatable bonds is 1. The summed E-state index contributed by atoms with van der Waals surface area (Å²) >= 11 is 0. The van der Waals surface area contributed by atoms with Crippen molar-refractivity contribution in [1.82, 2.24) is 9.80 Å². The monoisotopic (exact) mass is 240 g/mol. The van der Waals surface area contributed by atoms with Crippen LogP contribution in [0, 0.1) is 5.92 Å². The third kappa shape index (κ3) is 2.90. The third-order valence-corrected chi connectivity index (χ3v) is 3.54. The van der Waals surface area contributed by atoms with Crippen LogP contribution in [0.3, 0.4) is 0 Å². The van der Waals surface area contributed by atoms with Gasteiger partial charge in [-0.2, -0.15) is 0 Å². The fourth-order valence-corrected chi connectivity index (χ4v) is 2.43. The van der Waals surface area contributed by atoms with Crippen LogP contribution in [0.15, 0.2) is 0 Å². The second kappa shape index (κ2) is 4.94. The van der Waals surface area contributed by atoms with Crippen molar-refractivity contribution in [3.05, 3.63) is 0 Å². The number of carbonyl (C=O) groups is 2. The SMILES string of the molecule is CC(=O)N1CCC(OC(=O)N2CCC(C)C2)C1. The number of hydrogen-bond acceptors (Lipinski definition) is 3. The minimum absolute atomic E-state index is 0.0540. The van der Waals surface area contributed by atoms with Gasteiger partial charge in [0.05, 0.1) is 6.54 Å². The zero-order valence-electron chi connectivity index (χ0n) is 10.5. The van der Waals surface area contributed by atoms with Gasteiger partial charge >= 0.3 is 6.09 Å². The Kier molecular flexibility index (Phi) is 3.54. The zero-order valence-corrected chi connectivity index (χ0v) is 10.5. The van der Waals surface area contributed by atoms with Gasteiger partial charge in [-0.25, -0.2) is 4.79 Å². The molecule has 2 rings (SSSR count). The quantitative estimate of drug-likeness (QED) is 0.689. The molecular weight excluding hydrogens is 220 g/mol. The maximum atomic E-state index is 11.8. The molecule has 0 radical (unpaired) electrons. The summed E-state index contributed by atoms with van der Waals surface area (Å²) in [6.45, 7) is 6.52. The molecule has 0 aliphatic carbocycles. The summed E-state index contributed by atoms with van der Waals surface area (Å²) in [5.74, 6) is 0.623. The first kappa shape index (κ1) is 12.2. The molecule has 0 saturated carbocycles. The Labute approximate surface area is 102 Å². The lowest BCUT2D eigenvalue weighted by molar-refractivity contribution is -0.128. The molecular formula is C12H20N2O3. The lowest BCUT2D eigenvalue weighted by atomic mass is 10.2. The summed E-state index contributed by atoms with van der Waals surface area (Å²) in [5, 5.41) is 0. The summed E-state index contributed by atoms with van der Waals surface area (Å²) in [7, 11) is 0. The van der Waals surface area contributed by atoms with E-state index in [0.717, 1.165) is 25.9 Å². The second-order valence-corrected chi connectivity index (χ2v) is 5.10. The van der Waals surface area contributed by atoms with Crippen LogP contribution in [0.25, 0.3) is 0 Å². The number of ether oxygens (including phenoxy) is 1. The highest BCUT2D eigenvalue weighted by molar-refractivity contribution is 5.73. The molecule has 0 aromatic heterocycles. The van der Waals surface area contributed by atoms with Crippen LogP contribution in [0.5, 0.6) is 0 Å². The highest BCUT2D eigenvalue weighted by atomic mass is 16.6. The zero-order chi connectivity index (χ0) is 12.4. The molecule has 2 atom stereocenters. The summed E-state index contributed by atoms with van der Waals surface area (Å²) in [6.07, 6.45) is 1.47. The largest absolute Gasteiger partial charge is 0.444 e. The van der Waals surface area contributed by atoms with Crippen LogP contribution in [0.4, 0.5) is 4.79 Å². The highest BCUT2D eigenvalue weighted by Gasteiger charge is 2.30. The fraction of sp³-hybridized carbons (Fsp3) is 0.833. The van der Waals surface area contributed by atoms with Crippen molar-refractivity contribution in [1.29, 1.82) is 0 Å². The molecule has 2 saturated heterocycles. The van der Waals surface area contributed by atoms with Gasteiger partial charge in [-0.1, -0.05) is 6.92 Å². The molecule has 5 heteroatoms. The van der Waals surface area contributed by atoms with Crippen LogP contribution in [-0.4, -0.2) is 54.1 Å². The molecule has 0 bridgehead atoms. The van der Waals surface area contributed by atoms with E-state index >= 15 is 0 Å². The molecule has 2 unspecified atom stereocenters. The normalized spacial score (nSPS) is 28.6. The van der Waals surface area contributed by atoms with E-state index in [9.17, 15) is 9.59 Å². The first-order chi connectivity index (χ1) is 8.06. The Bertz CT molecular complexity index is 319. The molecule has 2 heterocycles. The van der Waals surface area contributed by atoms with Crippen molar-refractivity contribution < 1.29 is 14.3 Å². The molecule has 0 aromatic carbocycles. The Balaban J connectivity index is 1.78. The number of amides is 2. The van der Waals surface area contributed by atoms with Crippen molar-refractivity contribution >= 4 is 12.0 Å². The molecule has 96 valence electrons. The van der Waals surface area contributed by atoms with Gasteiger partial charge in [0.25, 0.3) is 0 Å². The first-order valence-corrected chi connectivity index (χ1v) is 6.27. The smallest absolute Gasteiger partial charge is 0.410 e. The molecule has 2 fully saturated rings. The lowest BCUT2D eigenvalue weighted by Crippen LogP contribution is -2.34. The van der Waals surface area contributed by atoms with Crippen LogP contribution < -0.4 is 0 Å². The summed E-state index contributed by atoms with van der Waals surface area (Å²) in [6, 6.07) is 0. The summed E-state index contributed by atoms with van der Waals surface area (Å²) in [5.41, 5.74) is 0. The van der Waals surface area contributed by atoms with E-state index in [-0.39, 0.29) is 18.1 Å². The van der Waals surface area contributed by atoms with Gasteiger partial charge in [-0.3, -0.25) is 4.79 Å². The Morgan fingerprint density at radius 1 is 1.12 bits per heavy atom. The maximum Gasteiger partial charge on any atom is 0.410 e. The van der Waals surface area contributed by atoms with Gasteiger partial charge < -0.3 is 14.5 Å². The van der Waals surface area contributed by atoms with Gasteiger partial charge in [-0.15, -0.1) is 0 Å². The summed E-state index contributed by atoms with van der Waals surface area (Å²) < 4.78 is 5.42. The Hall–Kier alpha value is -1.26. The van der Waals surface area contributed by atoms with E-state index < -0.39 is 0 Å². The number of hydrogen-bond donors (Lipinski definition) is 0. The second-order valence-electron chi connectivity index (χ2n) is 5.10. The van der Waals surface area contributed by atoms with E-state index in [1.165, 1.54) is 0 Å². The van der Waals surface area contributed by atoms with Gasteiger partial charge in [0.15, 0.2) is 0 Å². The minimum Gasteiger partial charge on any atom is -0.444 e. The predicted molar refractivity (Wildman–Crippen MR) is 62.5 cm³/mol. The van der Waals surface area contributed by atoms with Crippen molar-refractivity contribution in [2.45, 2.75) is 32.8 Å². The van der Waals surface area contributed by atoms with E-state index in [1.54, 1.807) is 16.7 Å². The van der Waals surface area contributed by atoms with Gasteiger partial charge in [0.2, 0.25) is 5.91 Å². The third-order valence-electron chi connectivity index (χ3n) is 3.54. The van der Waals surface area contributed by atoms with Gasteiger partial charge in [0, 0.05) is 33.0 Å². The molecule has 5 nitrogen and oxygen atoms in total. The van der Waals surface area contributed by atoms with Crippen LogP contribution in [0.2, 0.25) is 0 Å². The van der Waals surface area contributed by atoms with Crippen LogP contribution in [0.1, 0.15) is 26.7 Å². The molecule has 2 aliphatic heterocycles. The van der Waals surface area contributed by atoms with Crippen LogP contribution in [-0.2, 0) is 9.53 Å². The predicted octanol–water partition coefficient (Wildman–Crippen LogP) is 1.09. The average Bonchev–Trinajstić information content (AvgIpc) is 2.86. The van der Waals surface area contributed by atoms with Crippen molar-refractivity contribution in [3.8, 4) is 0 Å². The number of carbonyl (C=O) groups excluding carboxylic acids is 2. The lowest BCUT2D eigenvalue weighted by Gasteiger charge is -2.19. The van der Waals surface area contributed by atoms with E-state index in [2.05, 4.69) is 6.92 Å². The molecule has 0 N–H and O–H groups in total. The van der Waals surface area contributed by atoms with E-state index in [0.29, 0.717) is 19.0 Å². The maximum absolute atomic E-state index is 11.8.